The van der Waals surface area contributed by atoms with Crippen LogP contribution in [0.2, 0.25) is 0 Å². The van der Waals surface area contributed by atoms with Gasteiger partial charge in [0.25, 0.3) is 11.8 Å². The van der Waals surface area contributed by atoms with Crippen molar-refractivity contribution < 1.29 is 23.2 Å². The normalized spacial score (nSPS) is 13.9. The van der Waals surface area contributed by atoms with Crippen molar-refractivity contribution in [2.45, 2.75) is 12.5 Å². The van der Waals surface area contributed by atoms with Gasteiger partial charge < -0.3 is 5.32 Å². The number of aromatic nitrogens is 1. The number of halogens is 2. The highest BCUT2D eigenvalue weighted by Crippen LogP contribution is 2.29. The number of imide groups is 1. The van der Waals surface area contributed by atoms with E-state index in [2.05, 4.69) is 10.3 Å². The molecule has 1 N–H and O–H groups in total. The van der Waals surface area contributed by atoms with Crippen molar-refractivity contribution in [2.75, 3.05) is 17.3 Å². The van der Waals surface area contributed by atoms with Gasteiger partial charge in [-0.1, -0.05) is 12.1 Å². The van der Waals surface area contributed by atoms with Gasteiger partial charge in [0.15, 0.2) is 16.8 Å². The molecule has 1 unspecified atom stereocenters. The minimum absolute atomic E-state index is 0.223. The second-order valence-electron chi connectivity index (χ2n) is 6.98. The second kappa shape index (κ2) is 9.17. The van der Waals surface area contributed by atoms with Gasteiger partial charge >= 0.3 is 0 Å². The molecule has 2 heterocycles. The number of carbonyl (C=O) groups is 3. The van der Waals surface area contributed by atoms with Crippen molar-refractivity contribution in [1.29, 1.82) is 0 Å². The van der Waals surface area contributed by atoms with Crippen LogP contribution >= 0.6 is 23.1 Å². The molecule has 1 aromatic heterocycles. The van der Waals surface area contributed by atoms with Gasteiger partial charge in [-0.3, -0.25) is 19.3 Å². The first-order valence-corrected chi connectivity index (χ1v) is 11.9. The van der Waals surface area contributed by atoms with Gasteiger partial charge in [-0.15, -0.1) is 11.3 Å². The van der Waals surface area contributed by atoms with Crippen LogP contribution in [-0.2, 0) is 4.79 Å². The molecular weight excluding hydrogens is 456 g/mol. The Kier molecular flexibility index (Phi) is 6.33. The fraction of sp³-hybridized carbons (Fsp3) is 0.182. The molecule has 0 bridgehead atoms. The van der Waals surface area contributed by atoms with E-state index in [4.69, 9.17) is 0 Å². The average molecular weight is 474 g/mol. The molecule has 2 aromatic carbocycles. The third-order valence-electron chi connectivity index (χ3n) is 4.98. The number of hydrogen-bond donors (Lipinski definition) is 1. The summed E-state index contributed by atoms with van der Waals surface area (Å²) in [7, 11) is 0. The molecule has 0 radical (unpaired) electrons. The summed E-state index contributed by atoms with van der Waals surface area (Å²) in [6.07, 6.45) is 2.14. The number of nitrogens with zero attached hydrogens (tertiary/aromatic N) is 2. The van der Waals surface area contributed by atoms with E-state index in [1.165, 1.54) is 17.8 Å². The Morgan fingerprint density at radius 1 is 1.12 bits per heavy atom. The van der Waals surface area contributed by atoms with E-state index in [1.54, 1.807) is 29.6 Å². The molecule has 1 aliphatic rings. The van der Waals surface area contributed by atoms with Gasteiger partial charge in [0.2, 0.25) is 5.91 Å². The molecule has 0 saturated heterocycles. The highest BCUT2D eigenvalue weighted by Gasteiger charge is 2.42. The molecule has 10 heteroatoms. The van der Waals surface area contributed by atoms with Crippen LogP contribution in [0.5, 0.6) is 0 Å². The molecule has 4 rings (SSSR count). The molecule has 1 aliphatic heterocycles. The first-order chi connectivity index (χ1) is 15.4. The third-order valence-corrected chi connectivity index (χ3v) is 6.39. The minimum Gasteiger partial charge on any atom is -0.300 e. The van der Waals surface area contributed by atoms with Gasteiger partial charge in [0.05, 0.1) is 16.8 Å². The highest BCUT2D eigenvalue weighted by atomic mass is 32.2. The number of thiazole rings is 1. The lowest BCUT2D eigenvalue weighted by atomic mass is 10.1. The van der Waals surface area contributed by atoms with Crippen molar-refractivity contribution in [3.8, 4) is 11.3 Å². The predicted octanol–water partition coefficient (Wildman–Crippen LogP) is 4.44. The standard InChI is InChI=1S/C22H17F2N3O3S2/c1-31-9-8-18(27-20(29)13-4-2-3-5-14(13)21(27)30)19(28)26-22-25-17(11-32-22)12-6-7-15(23)16(24)10-12/h2-7,10-11,18H,8-9H2,1H3,(H,25,26,28). The van der Waals surface area contributed by atoms with E-state index in [-0.39, 0.29) is 22.7 Å². The van der Waals surface area contributed by atoms with Crippen LogP contribution in [0.1, 0.15) is 27.1 Å². The quantitative estimate of drug-likeness (QED) is 0.513. The molecule has 164 valence electrons. The van der Waals surface area contributed by atoms with Crippen molar-refractivity contribution >= 4 is 46.0 Å². The Labute approximate surface area is 190 Å². The smallest absolute Gasteiger partial charge is 0.262 e. The molecule has 0 spiro atoms. The van der Waals surface area contributed by atoms with E-state index in [9.17, 15) is 23.2 Å². The van der Waals surface area contributed by atoms with Gasteiger partial charge in [0, 0.05) is 10.9 Å². The zero-order valence-electron chi connectivity index (χ0n) is 16.8. The number of amides is 3. The zero-order valence-corrected chi connectivity index (χ0v) is 18.4. The SMILES string of the molecule is CSCCC(C(=O)Nc1nc(-c2ccc(F)c(F)c2)cs1)N1C(=O)c2ccccc2C1=O. The number of fused-ring (bicyclic) bond motifs is 1. The van der Waals surface area contributed by atoms with Crippen LogP contribution in [-0.4, -0.2) is 45.7 Å². The van der Waals surface area contributed by atoms with E-state index in [0.29, 0.717) is 17.0 Å². The fourth-order valence-corrected chi connectivity index (χ4v) is 4.59. The van der Waals surface area contributed by atoms with Crippen LogP contribution in [0, 0.1) is 11.6 Å². The van der Waals surface area contributed by atoms with Crippen LogP contribution in [0.3, 0.4) is 0 Å². The monoisotopic (exact) mass is 473 g/mol. The summed E-state index contributed by atoms with van der Waals surface area (Å²) in [5.74, 6) is -2.95. The summed E-state index contributed by atoms with van der Waals surface area (Å²) in [6.45, 7) is 0. The van der Waals surface area contributed by atoms with Crippen molar-refractivity contribution in [2.24, 2.45) is 0 Å². The van der Waals surface area contributed by atoms with E-state index in [0.717, 1.165) is 28.4 Å². The van der Waals surface area contributed by atoms with Crippen molar-refractivity contribution in [1.82, 2.24) is 9.88 Å². The fourth-order valence-electron chi connectivity index (χ4n) is 3.41. The lowest BCUT2D eigenvalue weighted by molar-refractivity contribution is -0.120. The predicted molar refractivity (Wildman–Crippen MR) is 120 cm³/mol. The van der Waals surface area contributed by atoms with Gasteiger partial charge in [-0.05, 0) is 48.8 Å². The Hall–Kier alpha value is -3.11. The van der Waals surface area contributed by atoms with Crippen LogP contribution in [0.25, 0.3) is 11.3 Å². The van der Waals surface area contributed by atoms with E-state index >= 15 is 0 Å². The van der Waals surface area contributed by atoms with Crippen LogP contribution in [0.15, 0.2) is 47.8 Å². The van der Waals surface area contributed by atoms with Gasteiger partial charge in [-0.2, -0.15) is 11.8 Å². The summed E-state index contributed by atoms with van der Waals surface area (Å²) in [6, 6.07) is 8.87. The molecule has 0 aliphatic carbocycles. The molecule has 3 aromatic rings. The van der Waals surface area contributed by atoms with Crippen LogP contribution in [0.4, 0.5) is 13.9 Å². The number of nitrogens with one attached hydrogen (secondary N) is 1. The Morgan fingerprint density at radius 2 is 1.81 bits per heavy atom. The molecule has 0 fully saturated rings. The van der Waals surface area contributed by atoms with E-state index in [1.807, 2.05) is 6.26 Å². The maximum atomic E-state index is 13.5. The lowest BCUT2D eigenvalue weighted by Gasteiger charge is -2.24. The topological polar surface area (TPSA) is 79.4 Å². The van der Waals surface area contributed by atoms with E-state index < -0.39 is 35.4 Å². The molecule has 6 nitrogen and oxygen atoms in total. The minimum atomic E-state index is -1.01. The molecule has 1 atom stereocenters. The number of rotatable bonds is 7. The lowest BCUT2D eigenvalue weighted by Crippen LogP contribution is -2.47. The summed E-state index contributed by atoms with van der Waals surface area (Å²) < 4.78 is 26.7. The van der Waals surface area contributed by atoms with Gasteiger partial charge in [0.1, 0.15) is 6.04 Å². The summed E-state index contributed by atoms with van der Waals surface area (Å²) in [5.41, 5.74) is 1.27. The second-order valence-corrected chi connectivity index (χ2v) is 8.82. The molecular formula is C22H17F2N3O3S2. The number of carbonyl (C=O) groups excluding carboxylic acids is 3. The summed E-state index contributed by atoms with van der Waals surface area (Å²) >= 11 is 2.60. The first-order valence-electron chi connectivity index (χ1n) is 9.58. The zero-order chi connectivity index (χ0) is 22.8. The number of hydrogen-bond acceptors (Lipinski definition) is 6. The molecule has 3 amide bonds. The van der Waals surface area contributed by atoms with Crippen molar-refractivity contribution in [3.05, 3.63) is 70.6 Å². The maximum absolute atomic E-state index is 13.5. The van der Waals surface area contributed by atoms with Crippen molar-refractivity contribution in [3.63, 3.8) is 0 Å². The third kappa shape index (κ3) is 4.15. The molecule has 32 heavy (non-hydrogen) atoms. The number of thioether (sulfide) groups is 1. The Morgan fingerprint density at radius 3 is 2.44 bits per heavy atom. The average Bonchev–Trinajstić information content (AvgIpc) is 3.34. The Balaban J connectivity index is 1.56. The maximum Gasteiger partial charge on any atom is 0.262 e. The Bertz CT molecular complexity index is 1180. The number of anilines is 1. The van der Waals surface area contributed by atoms with Crippen LogP contribution < -0.4 is 5.32 Å². The number of benzene rings is 2. The highest BCUT2D eigenvalue weighted by molar-refractivity contribution is 7.98. The molecule has 0 saturated carbocycles. The first kappa shape index (κ1) is 22.1. The largest absolute Gasteiger partial charge is 0.300 e. The summed E-state index contributed by atoms with van der Waals surface area (Å²) in [4.78, 5) is 44.1. The van der Waals surface area contributed by atoms with Gasteiger partial charge in [-0.25, -0.2) is 13.8 Å². The summed E-state index contributed by atoms with van der Waals surface area (Å²) in [5, 5.41) is 4.48.